The number of dihydropyridines is 1. The van der Waals surface area contributed by atoms with Crippen molar-refractivity contribution in [1.82, 2.24) is 10.2 Å². The molecule has 1 unspecified atom stereocenters. The molecule has 0 bridgehead atoms. The van der Waals surface area contributed by atoms with Crippen LogP contribution in [0.1, 0.15) is 39.2 Å². The van der Waals surface area contributed by atoms with Gasteiger partial charge < -0.3 is 19.7 Å². The van der Waals surface area contributed by atoms with Crippen LogP contribution in [0.15, 0.2) is 46.8 Å². The molecule has 1 aliphatic heterocycles. The summed E-state index contributed by atoms with van der Waals surface area (Å²) >= 11 is 0. The van der Waals surface area contributed by atoms with Crippen molar-refractivity contribution in [3.05, 3.63) is 62.5 Å². The Morgan fingerprint density at radius 3 is 2.32 bits per heavy atom. The first-order valence-corrected chi connectivity index (χ1v) is 9.98. The molecule has 168 valence electrons. The van der Waals surface area contributed by atoms with E-state index in [2.05, 4.69) is 5.32 Å². The van der Waals surface area contributed by atoms with Crippen LogP contribution in [-0.2, 0) is 19.1 Å². The summed E-state index contributed by atoms with van der Waals surface area (Å²) in [6, 6.07) is 5.91. The third-order valence-corrected chi connectivity index (χ3v) is 4.73. The van der Waals surface area contributed by atoms with Gasteiger partial charge in [-0.1, -0.05) is 12.1 Å². The first kappa shape index (κ1) is 24.1. The van der Waals surface area contributed by atoms with Crippen molar-refractivity contribution >= 4 is 17.6 Å². The zero-order chi connectivity index (χ0) is 23.3. The predicted octanol–water partition coefficient (Wildman–Crippen LogP) is 2.89. The number of carbonyl (C=O) groups excluding carboxylic acids is 2. The molecule has 0 saturated heterocycles. The number of hydrogen-bond donors (Lipinski definition) is 1. The second kappa shape index (κ2) is 10.2. The van der Waals surface area contributed by atoms with Gasteiger partial charge in [0.1, 0.15) is 6.61 Å². The van der Waals surface area contributed by atoms with Crippen molar-refractivity contribution in [2.45, 2.75) is 39.7 Å². The number of hydrogen-bond acceptors (Lipinski definition) is 8. The van der Waals surface area contributed by atoms with Gasteiger partial charge in [-0.15, -0.1) is 0 Å². The molecule has 1 aromatic rings. The second-order valence-corrected chi connectivity index (χ2v) is 7.88. The van der Waals surface area contributed by atoms with Crippen LogP contribution in [0.4, 0.5) is 5.69 Å². The van der Waals surface area contributed by atoms with Gasteiger partial charge >= 0.3 is 11.9 Å². The van der Waals surface area contributed by atoms with E-state index in [9.17, 15) is 19.7 Å². The monoisotopic (exact) mass is 431 g/mol. The molecular formula is C22H29N3O6. The molecule has 0 aliphatic carbocycles. The number of likely N-dealkylation sites (N-methyl/N-ethyl adjacent to an activating group) is 1. The van der Waals surface area contributed by atoms with Crippen LogP contribution in [0.25, 0.3) is 0 Å². The lowest BCUT2D eigenvalue weighted by molar-refractivity contribution is -0.384. The predicted molar refractivity (Wildman–Crippen MR) is 115 cm³/mol. The van der Waals surface area contributed by atoms with Gasteiger partial charge in [0.2, 0.25) is 0 Å². The van der Waals surface area contributed by atoms with Crippen LogP contribution in [0.5, 0.6) is 0 Å². The molecule has 0 amide bonds. The fourth-order valence-corrected chi connectivity index (χ4v) is 3.36. The van der Waals surface area contributed by atoms with Crippen molar-refractivity contribution in [1.29, 1.82) is 0 Å². The highest BCUT2D eigenvalue weighted by atomic mass is 16.6. The smallest absolute Gasteiger partial charge is 0.337 e. The van der Waals surface area contributed by atoms with E-state index in [4.69, 9.17) is 9.47 Å². The van der Waals surface area contributed by atoms with E-state index >= 15 is 0 Å². The molecule has 0 spiro atoms. The Balaban J connectivity index is 2.57. The summed E-state index contributed by atoms with van der Waals surface area (Å²) in [6.45, 7) is 7.57. The van der Waals surface area contributed by atoms with Crippen LogP contribution < -0.4 is 5.32 Å². The summed E-state index contributed by atoms with van der Waals surface area (Å²) in [6.07, 6.45) is -0.374. The molecule has 1 aromatic carbocycles. The fourth-order valence-electron chi connectivity index (χ4n) is 3.36. The summed E-state index contributed by atoms with van der Waals surface area (Å²) in [5.41, 5.74) is 1.78. The number of nitro groups is 1. The SMILES string of the molecule is CC1=C(C(=O)OCCN(C)C)C(c2cccc([N+](=O)[O-])c2)C(C(=O)OC(C)C)=C(C)N1. The molecular weight excluding hydrogens is 402 g/mol. The summed E-state index contributed by atoms with van der Waals surface area (Å²) < 4.78 is 10.9. The molecule has 31 heavy (non-hydrogen) atoms. The molecule has 0 saturated carbocycles. The molecule has 9 heteroatoms. The molecule has 0 fully saturated rings. The number of non-ortho nitro benzene ring substituents is 1. The molecule has 1 atom stereocenters. The minimum absolute atomic E-state index is 0.136. The Bertz CT molecular complexity index is 933. The highest BCUT2D eigenvalue weighted by molar-refractivity contribution is 6.00. The third kappa shape index (κ3) is 5.91. The largest absolute Gasteiger partial charge is 0.461 e. The van der Waals surface area contributed by atoms with Gasteiger partial charge in [0.05, 0.1) is 28.1 Å². The number of nitrogens with one attached hydrogen (secondary N) is 1. The zero-order valence-corrected chi connectivity index (χ0v) is 18.7. The standard InChI is InChI=1S/C22H29N3O6/c1-13(2)31-22(27)19-15(4)23-14(3)18(21(26)30-11-10-24(5)6)20(19)16-8-7-9-17(12-16)25(28)29/h7-9,12-13,20,23H,10-11H2,1-6H3. The number of esters is 2. The van der Waals surface area contributed by atoms with Crippen molar-refractivity contribution in [3.8, 4) is 0 Å². The highest BCUT2D eigenvalue weighted by Gasteiger charge is 2.38. The van der Waals surface area contributed by atoms with Crippen LogP contribution >= 0.6 is 0 Å². The van der Waals surface area contributed by atoms with Crippen molar-refractivity contribution < 1.29 is 24.0 Å². The average molecular weight is 431 g/mol. The minimum atomic E-state index is -0.862. The lowest BCUT2D eigenvalue weighted by Crippen LogP contribution is -2.33. The Hall–Kier alpha value is -3.20. The maximum Gasteiger partial charge on any atom is 0.337 e. The zero-order valence-electron chi connectivity index (χ0n) is 18.7. The number of benzene rings is 1. The maximum absolute atomic E-state index is 13.0. The number of carbonyl (C=O) groups is 2. The number of allylic oxidation sites excluding steroid dienone is 2. The van der Waals surface area contributed by atoms with E-state index in [0.29, 0.717) is 23.5 Å². The lowest BCUT2D eigenvalue weighted by Gasteiger charge is -2.31. The van der Waals surface area contributed by atoms with Gasteiger partial charge in [-0.3, -0.25) is 10.1 Å². The van der Waals surface area contributed by atoms with Crippen LogP contribution in [0, 0.1) is 10.1 Å². The van der Waals surface area contributed by atoms with E-state index in [-0.39, 0.29) is 29.5 Å². The fraction of sp³-hybridized carbons (Fsp3) is 0.455. The third-order valence-electron chi connectivity index (χ3n) is 4.73. The number of ether oxygens (including phenoxy) is 2. The molecule has 1 N–H and O–H groups in total. The van der Waals surface area contributed by atoms with Crippen LogP contribution in [0.2, 0.25) is 0 Å². The quantitative estimate of drug-likeness (QED) is 0.380. The average Bonchev–Trinajstić information content (AvgIpc) is 2.66. The Labute approximate surface area is 181 Å². The number of rotatable bonds is 8. The molecule has 0 radical (unpaired) electrons. The van der Waals surface area contributed by atoms with Gasteiger partial charge in [-0.25, -0.2) is 9.59 Å². The van der Waals surface area contributed by atoms with Gasteiger partial charge in [-0.05, 0) is 47.4 Å². The minimum Gasteiger partial charge on any atom is -0.461 e. The number of nitro benzene ring substituents is 1. The van der Waals surface area contributed by atoms with E-state index < -0.39 is 22.8 Å². The topological polar surface area (TPSA) is 111 Å². The second-order valence-electron chi connectivity index (χ2n) is 7.88. The van der Waals surface area contributed by atoms with Crippen LogP contribution in [0.3, 0.4) is 0 Å². The molecule has 2 rings (SSSR count). The van der Waals surface area contributed by atoms with E-state index in [0.717, 1.165) is 0 Å². The summed E-state index contributed by atoms with van der Waals surface area (Å²) in [5.74, 6) is -2.05. The van der Waals surface area contributed by atoms with Crippen molar-refractivity contribution in [3.63, 3.8) is 0 Å². The van der Waals surface area contributed by atoms with E-state index in [1.807, 2.05) is 19.0 Å². The molecule has 1 aliphatic rings. The first-order chi connectivity index (χ1) is 14.5. The highest BCUT2D eigenvalue weighted by Crippen LogP contribution is 2.40. The van der Waals surface area contributed by atoms with Crippen molar-refractivity contribution in [2.75, 3.05) is 27.2 Å². The Kier molecular flexibility index (Phi) is 7.93. The maximum atomic E-state index is 13.0. The molecule has 9 nitrogen and oxygen atoms in total. The van der Waals surface area contributed by atoms with Gasteiger partial charge in [0.15, 0.2) is 0 Å². The van der Waals surface area contributed by atoms with E-state index in [1.54, 1.807) is 33.8 Å². The van der Waals surface area contributed by atoms with Crippen LogP contribution in [-0.4, -0.2) is 55.1 Å². The Morgan fingerprint density at radius 2 is 1.77 bits per heavy atom. The molecule has 0 aromatic heterocycles. The Morgan fingerprint density at radius 1 is 1.16 bits per heavy atom. The molecule has 1 heterocycles. The summed E-state index contributed by atoms with van der Waals surface area (Å²) in [5, 5.41) is 14.4. The van der Waals surface area contributed by atoms with Crippen molar-refractivity contribution in [2.24, 2.45) is 0 Å². The summed E-state index contributed by atoms with van der Waals surface area (Å²) in [4.78, 5) is 38.7. The van der Waals surface area contributed by atoms with Gasteiger partial charge in [0, 0.05) is 30.1 Å². The van der Waals surface area contributed by atoms with E-state index in [1.165, 1.54) is 18.2 Å². The van der Waals surface area contributed by atoms with Gasteiger partial charge in [0.25, 0.3) is 5.69 Å². The summed E-state index contributed by atoms with van der Waals surface area (Å²) in [7, 11) is 3.72. The number of nitrogens with zero attached hydrogens (tertiary/aromatic N) is 2. The lowest BCUT2D eigenvalue weighted by atomic mass is 9.80. The normalized spacial score (nSPS) is 16.5. The van der Waals surface area contributed by atoms with Gasteiger partial charge in [-0.2, -0.15) is 0 Å². The first-order valence-electron chi connectivity index (χ1n) is 9.98.